The van der Waals surface area contributed by atoms with E-state index in [0.29, 0.717) is 18.9 Å². The molecule has 1 aromatic heterocycles. The molecule has 0 saturated carbocycles. The highest BCUT2D eigenvalue weighted by Crippen LogP contribution is 2.25. The third-order valence-electron chi connectivity index (χ3n) is 4.39. The van der Waals surface area contributed by atoms with Gasteiger partial charge in [0.25, 0.3) is 0 Å². The highest BCUT2D eigenvalue weighted by atomic mass is 16.5. The molecule has 1 N–H and O–H groups in total. The molecule has 0 aliphatic carbocycles. The molecule has 1 aliphatic rings. The Morgan fingerprint density at radius 2 is 1.96 bits per heavy atom. The molecule has 0 fully saturated rings. The number of carbonyl (C=O) groups is 1. The summed E-state index contributed by atoms with van der Waals surface area (Å²) in [4.78, 5) is 12.2. The van der Waals surface area contributed by atoms with Crippen molar-refractivity contribution >= 4 is 5.91 Å². The maximum absolute atomic E-state index is 12.2. The predicted molar refractivity (Wildman–Crippen MR) is 95.5 cm³/mol. The van der Waals surface area contributed by atoms with Crippen LogP contribution in [0.5, 0.6) is 5.75 Å². The Labute approximate surface area is 151 Å². The predicted octanol–water partition coefficient (Wildman–Crippen LogP) is 2.92. The molecule has 0 saturated heterocycles. The molecule has 132 valence electrons. The van der Waals surface area contributed by atoms with Gasteiger partial charge in [0.05, 0.1) is 13.0 Å². The number of rotatable bonds is 5. The van der Waals surface area contributed by atoms with Crippen molar-refractivity contribution in [2.24, 2.45) is 0 Å². The van der Waals surface area contributed by atoms with Crippen molar-refractivity contribution in [2.45, 2.75) is 25.8 Å². The SMILES string of the molecule is O=C(Cc1ccc2c(c1)CCCO2)NCc1ccc(-c2nnco2)cc1. The second kappa shape index (κ2) is 7.39. The van der Waals surface area contributed by atoms with Crippen molar-refractivity contribution in [2.75, 3.05) is 6.61 Å². The van der Waals surface area contributed by atoms with E-state index in [0.717, 1.165) is 41.9 Å². The molecule has 2 heterocycles. The van der Waals surface area contributed by atoms with Gasteiger partial charge < -0.3 is 14.5 Å². The summed E-state index contributed by atoms with van der Waals surface area (Å²) < 4.78 is 10.8. The number of aryl methyl sites for hydroxylation is 1. The first kappa shape index (κ1) is 16.3. The van der Waals surface area contributed by atoms with Crippen LogP contribution in [0.1, 0.15) is 23.1 Å². The van der Waals surface area contributed by atoms with E-state index in [2.05, 4.69) is 21.6 Å². The van der Waals surface area contributed by atoms with Gasteiger partial charge in [0, 0.05) is 12.1 Å². The zero-order valence-electron chi connectivity index (χ0n) is 14.3. The minimum Gasteiger partial charge on any atom is -0.493 e. The number of nitrogens with zero attached hydrogens (tertiary/aromatic N) is 2. The Balaban J connectivity index is 1.32. The lowest BCUT2D eigenvalue weighted by molar-refractivity contribution is -0.120. The Morgan fingerprint density at radius 1 is 1.12 bits per heavy atom. The van der Waals surface area contributed by atoms with Crippen LogP contribution in [0.4, 0.5) is 0 Å². The van der Waals surface area contributed by atoms with Crippen LogP contribution in [0, 0.1) is 0 Å². The Morgan fingerprint density at radius 3 is 2.77 bits per heavy atom. The number of benzene rings is 2. The second-order valence-electron chi connectivity index (χ2n) is 6.29. The molecule has 0 unspecified atom stereocenters. The highest BCUT2D eigenvalue weighted by Gasteiger charge is 2.12. The Bertz CT molecular complexity index is 889. The van der Waals surface area contributed by atoms with Gasteiger partial charge in [-0.15, -0.1) is 10.2 Å². The van der Waals surface area contributed by atoms with Crippen LogP contribution in [0.25, 0.3) is 11.5 Å². The summed E-state index contributed by atoms with van der Waals surface area (Å²) in [6, 6.07) is 13.7. The standard InChI is InChI=1S/C20H19N3O3/c24-19(11-15-5-8-18-17(10-15)2-1-9-25-18)21-12-14-3-6-16(7-4-14)20-23-22-13-26-20/h3-8,10,13H,1-2,9,11-12H2,(H,21,24). The smallest absolute Gasteiger partial charge is 0.247 e. The maximum Gasteiger partial charge on any atom is 0.247 e. The van der Waals surface area contributed by atoms with Crippen LogP contribution in [0.15, 0.2) is 53.3 Å². The van der Waals surface area contributed by atoms with Crippen LogP contribution in [0.3, 0.4) is 0 Å². The topological polar surface area (TPSA) is 77.2 Å². The number of fused-ring (bicyclic) bond motifs is 1. The minimum absolute atomic E-state index is 0.00246. The quantitative estimate of drug-likeness (QED) is 0.766. The summed E-state index contributed by atoms with van der Waals surface area (Å²) >= 11 is 0. The summed E-state index contributed by atoms with van der Waals surface area (Å²) in [5, 5.41) is 10.5. The largest absolute Gasteiger partial charge is 0.493 e. The lowest BCUT2D eigenvalue weighted by Crippen LogP contribution is -2.24. The monoisotopic (exact) mass is 349 g/mol. The molecule has 6 nitrogen and oxygen atoms in total. The third-order valence-corrected chi connectivity index (χ3v) is 4.39. The molecule has 4 rings (SSSR count). The van der Waals surface area contributed by atoms with Gasteiger partial charge in [-0.25, -0.2) is 0 Å². The van der Waals surface area contributed by atoms with Gasteiger partial charge in [-0.2, -0.15) is 0 Å². The van der Waals surface area contributed by atoms with Gasteiger partial charge in [-0.05, 0) is 47.7 Å². The summed E-state index contributed by atoms with van der Waals surface area (Å²) in [5.74, 6) is 1.43. The molecular weight excluding hydrogens is 330 g/mol. The number of amides is 1. The molecule has 3 aromatic rings. The van der Waals surface area contributed by atoms with Crippen molar-refractivity contribution in [3.05, 3.63) is 65.5 Å². The number of ether oxygens (including phenoxy) is 1. The molecule has 0 spiro atoms. The van der Waals surface area contributed by atoms with E-state index < -0.39 is 0 Å². The Hall–Kier alpha value is -3.15. The van der Waals surface area contributed by atoms with Gasteiger partial charge in [0.2, 0.25) is 18.2 Å². The second-order valence-corrected chi connectivity index (χ2v) is 6.29. The van der Waals surface area contributed by atoms with Crippen molar-refractivity contribution in [3.63, 3.8) is 0 Å². The average molecular weight is 349 g/mol. The number of hydrogen-bond acceptors (Lipinski definition) is 5. The molecule has 0 atom stereocenters. The summed E-state index contributed by atoms with van der Waals surface area (Å²) in [6.45, 7) is 1.26. The minimum atomic E-state index is 0.00246. The van der Waals surface area contributed by atoms with E-state index in [1.165, 1.54) is 12.0 Å². The van der Waals surface area contributed by atoms with Crippen LogP contribution in [0.2, 0.25) is 0 Å². The highest BCUT2D eigenvalue weighted by molar-refractivity contribution is 5.78. The molecule has 2 aromatic carbocycles. The summed E-state index contributed by atoms with van der Waals surface area (Å²) in [7, 11) is 0. The number of aromatic nitrogens is 2. The fourth-order valence-electron chi connectivity index (χ4n) is 3.04. The average Bonchev–Trinajstić information content (AvgIpc) is 3.21. The van der Waals surface area contributed by atoms with Crippen LogP contribution in [-0.2, 0) is 24.2 Å². The zero-order valence-corrected chi connectivity index (χ0v) is 14.3. The lowest BCUT2D eigenvalue weighted by atomic mass is 10.0. The van der Waals surface area contributed by atoms with Crippen molar-refractivity contribution < 1.29 is 13.9 Å². The zero-order chi connectivity index (χ0) is 17.8. The summed E-state index contributed by atoms with van der Waals surface area (Å²) in [5.41, 5.74) is 4.07. The van der Waals surface area contributed by atoms with Gasteiger partial charge in [-0.3, -0.25) is 4.79 Å². The van der Waals surface area contributed by atoms with E-state index in [1.807, 2.05) is 36.4 Å². The normalized spacial score (nSPS) is 12.9. The van der Waals surface area contributed by atoms with E-state index in [-0.39, 0.29) is 5.91 Å². The van der Waals surface area contributed by atoms with Gasteiger partial charge >= 0.3 is 0 Å². The number of carbonyl (C=O) groups excluding carboxylic acids is 1. The molecule has 0 radical (unpaired) electrons. The van der Waals surface area contributed by atoms with Crippen LogP contribution < -0.4 is 10.1 Å². The van der Waals surface area contributed by atoms with Gasteiger partial charge in [0.15, 0.2) is 0 Å². The van der Waals surface area contributed by atoms with Crippen LogP contribution >= 0.6 is 0 Å². The van der Waals surface area contributed by atoms with Gasteiger partial charge in [-0.1, -0.05) is 24.3 Å². The van der Waals surface area contributed by atoms with E-state index >= 15 is 0 Å². The first-order valence-electron chi connectivity index (χ1n) is 8.65. The molecular formula is C20H19N3O3. The van der Waals surface area contributed by atoms with Crippen molar-refractivity contribution in [1.82, 2.24) is 15.5 Å². The third kappa shape index (κ3) is 3.74. The number of nitrogens with one attached hydrogen (secondary N) is 1. The first-order valence-corrected chi connectivity index (χ1v) is 8.65. The number of hydrogen-bond donors (Lipinski definition) is 1. The Kier molecular flexibility index (Phi) is 4.64. The van der Waals surface area contributed by atoms with Crippen LogP contribution in [-0.4, -0.2) is 22.7 Å². The maximum atomic E-state index is 12.2. The molecule has 1 amide bonds. The lowest BCUT2D eigenvalue weighted by Gasteiger charge is -2.17. The van der Waals surface area contributed by atoms with Gasteiger partial charge in [0.1, 0.15) is 5.75 Å². The molecule has 26 heavy (non-hydrogen) atoms. The molecule has 6 heteroatoms. The molecule has 1 aliphatic heterocycles. The van der Waals surface area contributed by atoms with Crippen molar-refractivity contribution in [3.8, 4) is 17.2 Å². The van der Waals surface area contributed by atoms with E-state index in [4.69, 9.17) is 9.15 Å². The van der Waals surface area contributed by atoms with E-state index in [1.54, 1.807) is 0 Å². The molecule has 0 bridgehead atoms. The van der Waals surface area contributed by atoms with Crippen molar-refractivity contribution in [1.29, 1.82) is 0 Å². The first-order chi connectivity index (χ1) is 12.8. The van der Waals surface area contributed by atoms with E-state index in [9.17, 15) is 4.79 Å². The fourth-order valence-corrected chi connectivity index (χ4v) is 3.04. The summed E-state index contributed by atoms with van der Waals surface area (Å²) in [6.07, 6.45) is 3.71. The fraction of sp³-hybridized carbons (Fsp3) is 0.250.